The Labute approximate surface area is 170 Å². The van der Waals surface area contributed by atoms with E-state index in [4.69, 9.17) is 27.9 Å². The second-order valence-electron chi connectivity index (χ2n) is 5.99. The zero-order chi connectivity index (χ0) is 19.8. The van der Waals surface area contributed by atoms with Gasteiger partial charge in [0.05, 0.1) is 12.1 Å². The first-order chi connectivity index (χ1) is 13.0. The van der Waals surface area contributed by atoms with Crippen LogP contribution >= 0.6 is 23.2 Å². The first kappa shape index (κ1) is 21.3. The molecule has 1 N–H and O–H groups in total. The van der Waals surface area contributed by atoms with Gasteiger partial charge >= 0.3 is 0 Å². The van der Waals surface area contributed by atoms with E-state index in [9.17, 15) is 4.79 Å². The first-order valence-electron chi connectivity index (χ1n) is 8.80. The van der Waals surface area contributed by atoms with E-state index in [1.807, 2.05) is 24.3 Å². The SMILES string of the molecule is CCN(CC)Cc1ccc(NC(=O)C=Cc2cc(Cl)cc(Cl)c2OC)cc1. The Kier molecular flexibility index (Phi) is 8.17. The van der Waals surface area contributed by atoms with Crippen molar-refractivity contribution in [2.75, 3.05) is 25.5 Å². The van der Waals surface area contributed by atoms with Crippen LogP contribution in [-0.2, 0) is 11.3 Å². The third kappa shape index (κ3) is 6.28. The lowest BCUT2D eigenvalue weighted by atomic mass is 10.1. The van der Waals surface area contributed by atoms with Crippen molar-refractivity contribution in [3.63, 3.8) is 0 Å². The number of anilines is 1. The monoisotopic (exact) mass is 406 g/mol. The molecule has 0 aliphatic rings. The Morgan fingerprint density at radius 1 is 1.15 bits per heavy atom. The minimum absolute atomic E-state index is 0.246. The van der Waals surface area contributed by atoms with E-state index in [1.54, 1.807) is 18.2 Å². The largest absolute Gasteiger partial charge is 0.495 e. The fourth-order valence-electron chi connectivity index (χ4n) is 2.67. The average Bonchev–Trinajstić information content (AvgIpc) is 2.65. The van der Waals surface area contributed by atoms with Crippen molar-refractivity contribution in [3.05, 3.63) is 63.6 Å². The van der Waals surface area contributed by atoms with Gasteiger partial charge in [-0.2, -0.15) is 0 Å². The Morgan fingerprint density at radius 3 is 2.41 bits per heavy atom. The summed E-state index contributed by atoms with van der Waals surface area (Å²) >= 11 is 12.1. The molecule has 1 amide bonds. The number of hydrogen-bond donors (Lipinski definition) is 1. The van der Waals surface area contributed by atoms with Crippen LogP contribution in [0, 0.1) is 0 Å². The fourth-order valence-corrected chi connectivity index (χ4v) is 3.25. The van der Waals surface area contributed by atoms with E-state index >= 15 is 0 Å². The van der Waals surface area contributed by atoms with Gasteiger partial charge in [0, 0.05) is 28.9 Å². The molecular formula is C21H24Cl2N2O2. The molecule has 0 spiro atoms. The summed E-state index contributed by atoms with van der Waals surface area (Å²) in [5.74, 6) is 0.232. The summed E-state index contributed by atoms with van der Waals surface area (Å²) in [4.78, 5) is 14.5. The molecule has 0 aliphatic carbocycles. The van der Waals surface area contributed by atoms with Gasteiger partial charge in [0.15, 0.2) is 0 Å². The maximum absolute atomic E-state index is 12.2. The van der Waals surface area contributed by atoms with Crippen molar-refractivity contribution >= 4 is 40.9 Å². The summed E-state index contributed by atoms with van der Waals surface area (Å²) in [6, 6.07) is 11.1. The molecule has 27 heavy (non-hydrogen) atoms. The topological polar surface area (TPSA) is 41.6 Å². The van der Waals surface area contributed by atoms with Crippen molar-refractivity contribution in [2.24, 2.45) is 0 Å². The average molecular weight is 407 g/mol. The minimum Gasteiger partial charge on any atom is -0.495 e. The third-order valence-corrected chi connectivity index (χ3v) is 4.68. The first-order valence-corrected chi connectivity index (χ1v) is 9.55. The number of carbonyl (C=O) groups is 1. The van der Waals surface area contributed by atoms with Crippen LogP contribution in [-0.4, -0.2) is 31.0 Å². The van der Waals surface area contributed by atoms with E-state index in [-0.39, 0.29) is 5.91 Å². The van der Waals surface area contributed by atoms with Crippen molar-refractivity contribution in [1.82, 2.24) is 4.90 Å². The Bertz CT molecular complexity index is 801. The summed E-state index contributed by atoms with van der Waals surface area (Å²) in [5.41, 5.74) is 2.59. The fraction of sp³-hybridized carbons (Fsp3) is 0.286. The third-order valence-electron chi connectivity index (χ3n) is 4.18. The lowest BCUT2D eigenvalue weighted by Gasteiger charge is -2.18. The summed E-state index contributed by atoms with van der Waals surface area (Å²) in [6.45, 7) is 7.21. The highest BCUT2D eigenvalue weighted by atomic mass is 35.5. The van der Waals surface area contributed by atoms with Gasteiger partial charge in [-0.25, -0.2) is 0 Å². The van der Waals surface area contributed by atoms with Gasteiger partial charge in [0.25, 0.3) is 0 Å². The number of benzene rings is 2. The van der Waals surface area contributed by atoms with Crippen LogP contribution < -0.4 is 10.1 Å². The lowest BCUT2D eigenvalue weighted by molar-refractivity contribution is -0.111. The highest BCUT2D eigenvalue weighted by molar-refractivity contribution is 6.36. The number of carbonyl (C=O) groups excluding carboxylic acids is 1. The molecule has 0 fully saturated rings. The summed E-state index contributed by atoms with van der Waals surface area (Å²) in [6.07, 6.45) is 3.05. The lowest BCUT2D eigenvalue weighted by Crippen LogP contribution is -2.22. The molecule has 0 atom stereocenters. The van der Waals surface area contributed by atoms with Gasteiger partial charge in [-0.15, -0.1) is 0 Å². The minimum atomic E-state index is -0.246. The number of halogens is 2. The summed E-state index contributed by atoms with van der Waals surface area (Å²) in [7, 11) is 1.52. The predicted octanol–water partition coefficient (Wildman–Crippen LogP) is 5.50. The zero-order valence-corrected chi connectivity index (χ0v) is 17.3. The van der Waals surface area contributed by atoms with Gasteiger partial charge in [-0.3, -0.25) is 9.69 Å². The molecule has 0 heterocycles. The molecule has 0 aliphatic heterocycles. The Morgan fingerprint density at radius 2 is 1.81 bits per heavy atom. The van der Waals surface area contributed by atoms with Crippen LogP contribution in [0.5, 0.6) is 5.75 Å². The molecule has 0 saturated carbocycles. The molecule has 2 rings (SSSR count). The van der Waals surface area contributed by atoms with Gasteiger partial charge < -0.3 is 10.1 Å². The second-order valence-corrected chi connectivity index (χ2v) is 6.83. The predicted molar refractivity (Wildman–Crippen MR) is 114 cm³/mol. The van der Waals surface area contributed by atoms with Crippen LogP contribution in [0.1, 0.15) is 25.0 Å². The molecule has 6 heteroatoms. The molecule has 4 nitrogen and oxygen atoms in total. The van der Waals surface area contributed by atoms with E-state index in [0.29, 0.717) is 21.4 Å². The summed E-state index contributed by atoms with van der Waals surface area (Å²) < 4.78 is 5.27. The number of hydrogen-bond acceptors (Lipinski definition) is 3. The molecule has 0 unspecified atom stereocenters. The molecule has 144 valence electrons. The highest BCUT2D eigenvalue weighted by Crippen LogP contribution is 2.32. The normalized spacial score (nSPS) is 11.2. The Balaban J connectivity index is 2.03. The maximum Gasteiger partial charge on any atom is 0.248 e. The molecule has 2 aromatic rings. The molecule has 0 bridgehead atoms. The molecular weight excluding hydrogens is 383 g/mol. The van der Waals surface area contributed by atoms with Crippen LogP contribution in [0.4, 0.5) is 5.69 Å². The van der Waals surface area contributed by atoms with Crippen molar-refractivity contribution in [3.8, 4) is 5.75 Å². The number of rotatable bonds is 8. The molecule has 2 aromatic carbocycles. The molecule has 0 radical (unpaired) electrons. The second kappa shape index (κ2) is 10.4. The number of amides is 1. The van der Waals surface area contributed by atoms with Crippen molar-refractivity contribution < 1.29 is 9.53 Å². The zero-order valence-electron chi connectivity index (χ0n) is 15.8. The van der Waals surface area contributed by atoms with E-state index in [1.165, 1.54) is 18.7 Å². The van der Waals surface area contributed by atoms with Gasteiger partial charge in [-0.1, -0.05) is 49.2 Å². The van der Waals surface area contributed by atoms with Gasteiger partial charge in [0.1, 0.15) is 5.75 Å². The van der Waals surface area contributed by atoms with E-state index in [0.717, 1.165) is 25.3 Å². The van der Waals surface area contributed by atoms with Crippen LogP contribution in [0.25, 0.3) is 6.08 Å². The Hall–Kier alpha value is -2.01. The van der Waals surface area contributed by atoms with Crippen molar-refractivity contribution in [2.45, 2.75) is 20.4 Å². The number of methoxy groups -OCH3 is 1. The number of nitrogens with zero attached hydrogens (tertiary/aromatic N) is 1. The standard InChI is InChI=1S/C21H24Cl2N2O2/c1-4-25(5-2)14-15-6-9-18(10-7-15)24-20(26)11-8-16-12-17(22)13-19(23)21(16)27-3/h6-13H,4-5,14H2,1-3H3,(H,24,26). The molecule has 0 aromatic heterocycles. The van der Waals surface area contributed by atoms with E-state index in [2.05, 4.69) is 24.1 Å². The van der Waals surface area contributed by atoms with Crippen LogP contribution in [0.3, 0.4) is 0 Å². The van der Waals surface area contributed by atoms with Crippen LogP contribution in [0.2, 0.25) is 10.0 Å². The van der Waals surface area contributed by atoms with Crippen molar-refractivity contribution in [1.29, 1.82) is 0 Å². The van der Waals surface area contributed by atoms with Crippen LogP contribution in [0.15, 0.2) is 42.5 Å². The van der Waals surface area contributed by atoms with Gasteiger partial charge in [-0.05, 0) is 49.0 Å². The maximum atomic E-state index is 12.2. The number of ether oxygens (including phenoxy) is 1. The van der Waals surface area contributed by atoms with Gasteiger partial charge in [0.2, 0.25) is 5.91 Å². The smallest absolute Gasteiger partial charge is 0.248 e. The number of nitrogens with one attached hydrogen (secondary N) is 1. The quantitative estimate of drug-likeness (QED) is 0.588. The highest BCUT2D eigenvalue weighted by Gasteiger charge is 2.08. The molecule has 0 saturated heterocycles. The van der Waals surface area contributed by atoms with E-state index < -0.39 is 0 Å². The summed E-state index contributed by atoms with van der Waals surface area (Å²) in [5, 5.41) is 3.71.